The standard InChI is InChI=1S/C29H31N7/c30-29-28-26(21-8-9-22-18-35(33-27(22)14-21)16-20-6-2-1-3-7-20)15-25(36(28)32-19-31-29)13-23-12-24(23)17-34-10-4-5-11-34/h1-3,6-9,14-15,18-19,23-24H,4-5,10-13,16-17H2,(H2,30,31,32)/t23-,24+/m0/s1. The number of hydrogen-bond acceptors (Lipinski definition) is 5. The van der Waals surface area contributed by atoms with Crippen LogP contribution in [0.4, 0.5) is 5.82 Å². The third-order valence-electron chi connectivity index (χ3n) is 7.94. The lowest BCUT2D eigenvalue weighted by atomic mass is 10.0. The van der Waals surface area contributed by atoms with Gasteiger partial charge in [0.1, 0.15) is 11.8 Å². The Hall–Kier alpha value is -3.71. The Balaban J connectivity index is 1.19. The van der Waals surface area contributed by atoms with E-state index >= 15 is 0 Å². The number of benzene rings is 2. The normalized spacial score (nSPS) is 20.0. The van der Waals surface area contributed by atoms with Crippen LogP contribution >= 0.6 is 0 Å². The van der Waals surface area contributed by atoms with Crippen LogP contribution in [0.3, 0.4) is 0 Å². The minimum absolute atomic E-state index is 0.519. The molecule has 4 heterocycles. The molecule has 1 saturated carbocycles. The fourth-order valence-corrected chi connectivity index (χ4v) is 5.93. The van der Waals surface area contributed by atoms with E-state index in [0.717, 1.165) is 52.3 Å². The molecule has 2 N–H and O–H groups in total. The van der Waals surface area contributed by atoms with Gasteiger partial charge in [0.2, 0.25) is 0 Å². The zero-order chi connectivity index (χ0) is 24.1. The van der Waals surface area contributed by atoms with Gasteiger partial charge in [0.25, 0.3) is 0 Å². The van der Waals surface area contributed by atoms with Crippen molar-refractivity contribution in [2.45, 2.75) is 32.2 Å². The number of rotatable bonds is 7. The van der Waals surface area contributed by atoms with Crippen molar-refractivity contribution >= 4 is 22.2 Å². The van der Waals surface area contributed by atoms with E-state index in [1.807, 2.05) is 15.3 Å². The molecule has 0 amide bonds. The van der Waals surface area contributed by atoms with Gasteiger partial charge in [-0.15, -0.1) is 0 Å². The number of fused-ring (bicyclic) bond motifs is 2. The van der Waals surface area contributed by atoms with E-state index in [1.165, 1.54) is 50.2 Å². The zero-order valence-corrected chi connectivity index (χ0v) is 20.4. The number of hydrogen-bond donors (Lipinski definition) is 1. The predicted octanol–water partition coefficient (Wildman–Crippen LogP) is 4.65. The van der Waals surface area contributed by atoms with Gasteiger partial charge in [0, 0.05) is 29.4 Å². The first-order chi connectivity index (χ1) is 17.7. The van der Waals surface area contributed by atoms with E-state index in [-0.39, 0.29) is 0 Å². The van der Waals surface area contributed by atoms with Gasteiger partial charge < -0.3 is 10.6 Å². The van der Waals surface area contributed by atoms with Gasteiger partial charge in [-0.05, 0) is 73.9 Å². The van der Waals surface area contributed by atoms with Crippen molar-refractivity contribution in [3.05, 3.63) is 78.4 Å². The summed E-state index contributed by atoms with van der Waals surface area (Å²) in [6.07, 6.45) is 8.73. The average molecular weight is 478 g/mol. The van der Waals surface area contributed by atoms with E-state index in [1.54, 1.807) is 6.33 Å². The summed E-state index contributed by atoms with van der Waals surface area (Å²) in [4.78, 5) is 6.96. The second-order valence-electron chi connectivity index (χ2n) is 10.5. The molecule has 2 fully saturated rings. The number of likely N-dealkylation sites (tertiary alicyclic amines) is 1. The summed E-state index contributed by atoms with van der Waals surface area (Å²) in [6, 6.07) is 19.2. The second kappa shape index (κ2) is 8.75. The third kappa shape index (κ3) is 4.03. The lowest BCUT2D eigenvalue weighted by molar-refractivity contribution is 0.316. The monoisotopic (exact) mass is 477 g/mol. The van der Waals surface area contributed by atoms with Crippen molar-refractivity contribution in [3.63, 3.8) is 0 Å². The van der Waals surface area contributed by atoms with Crippen LogP contribution in [0.1, 0.15) is 30.5 Å². The van der Waals surface area contributed by atoms with Gasteiger partial charge in [0.05, 0.1) is 12.1 Å². The van der Waals surface area contributed by atoms with Crippen LogP contribution < -0.4 is 5.73 Å². The van der Waals surface area contributed by atoms with E-state index < -0.39 is 0 Å². The highest BCUT2D eigenvalue weighted by atomic mass is 15.3. The van der Waals surface area contributed by atoms with Crippen LogP contribution in [0.25, 0.3) is 27.5 Å². The van der Waals surface area contributed by atoms with Crippen LogP contribution in [0.5, 0.6) is 0 Å². The minimum atomic E-state index is 0.519. The highest BCUT2D eigenvalue weighted by Crippen LogP contribution is 2.43. The molecule has 1 aliphatic carbocycles. The molecular formula is C29H31N7. The Morgan fingerprint density at radius 3 is 2.69 bits per heavy atom. The summed E-state index contributed by atoms with van der Waals surface area (Å²) < 4.78 is 4.03. The van der Waals surface area contributed by atoms with Crippen LogP contribution in [0.15, 0.2) is 67.1 Å². The molecule has 7 heteroatoms. The molecule has 0 radical (unpaired) electrons. The summed E-state index contributed by atoms with van der Waals surface area (Å²) in [5.74, 6) is 2.05. The fraction of sp³-hybridized carbons (Fsp3) is 0.345. The second-order valence-corrected chi connectivity index (χ2v) is 10.5. The van der Waals surface area contributed by atoms with Crippen molar-refractivity contribution in [1.82, 2.24) is 29.3 Å². The maximum Gasteiger partial charge on any atom is 0.151 e. The minimum Gasteiger partial charge on any atom is -0.382 e. The molecule has 1 saturated heterocycles. The molecular weight excluding hydrogens is 446 g/mol. The Kier molecular flexibility index (Phi) is 5.24. The van der Waals surface area contributed by atoms with Gasteiger partial charge in [-0.2, -0.15) is 10.2 Å². The highest BCUT2D eigenvalue weighted by molar-refractivity contribution is 5.92. The molecule has 36 heavy (non-hydrogen) atoms. The van der Waals surface area contributed by atoms with Crippen LogP contribution in [-0.4, -0.2) is 48.9 Å². The third-order valence-corrected chi connectivity index (χ3v) is 7.94. The smallest absolute Gasteiger partial charge is 0.151 e. The van der Waals surface area contributed by atoms with Crippen LogP contribution in [0, 0.1) is 11.8 Å². The summed E-state index contributed by atoms with van der Waals surface area (Å²) >= 11 is 0. The largest absolute Gasteiger partial charge is 0.382 e. The number of anilines is 1. The zero-order valence-electron chi connectivity index (χ0n) is 20.4. The van der Waals surface area contributed by atoms with Gasteiger partial charge in [-0.25, -0.2) is 9.50 Å². The average Bonchev–Trinajstić information content (AvgIpc) is 3.25. The molecule has 0 unspecified atom stereocenters. The van der Waals surface area contributed by atoms with Gasteiger partial charge in [0.15, 0.2) is 5.82 Å². The van der Waals surface area contributed by atoms with E-state index in [4.69, 9.17) is 10.8 Å². The highest BCUT2D eigenvalue weighted by Gasteiger charge is 2.39. The maximum absolute atomic E-state index is 6.39. The van der Waals surface area contributed by atoms with Crippen molar-refractivity contribution < 1.29 is 0 Å². The molecule has 0 bridgehead atoms. The van der Waals surface area contributed by atoms with Crippen molar-refractivity contribution in [1.29, 1.82) is 0 Å². The maximum atomic E-state index is 6.39. The molecule has 0 spiro atoms. The van der Waals surface area contributed by atoms with Gasteiger partial charge in [-0.3, -0.25) is 4.68 Å². The van der Waals surface area contributed by atoms with Crippen molar-refractivity contribution in [2.75, 3.05) is 25.4 Å². The summed E-state index contributed by atoms with van der Waals surface area (Å²) in [6.45, 7) is 4.55. The van der Waals surface area contributed by atoms with Crippen molar-refractivity contribution in [2.24, 2.45) is 11.8 Å². The Morgan fingerprint density at radius 2 is 1.83 bits per heavy atom. The van der Waals surface area contributed by atoms with Crippen LogP contribution in [-0.2, 0) is 13.0 Å². The van der Waals surface area contributed by atoms with E-state index in [9.17, 15) is 0 Å². The molecule has 7 rings (SSSR count). The number of nitrogens with zero attached hydrogens (tertiary/aromatic N) is 6. The van der Waals surface area contributed by atoms with E-state index in [2.05, 4.69) is 69.7 Å². The van der Waals surface area contributed by atoms with E-state index in [0.29, 0.717) is 5.82 Å². The molecule has 1 aliphatic heterocycles. The molecule has 7 nitrogen and oxygen atoms in total. The number of nitrogens with two attached hydrogens (primary N) is 1. The summed E-state index contributed by atoms with van der Waals surface area (Å²) in [5.41, 5.74) is 12.9. The number of aromatic nitrogens is 5. The predicted molar refractivity (Wildman–Crippen MR) is 143 cm³/mol. The summed E-state index contributed by atoms with van der Waals surface area (Å²) in [5, 5.41) is 10.6. The molecule has 2 atom stereocenters. The SMILES string of the molecule is Nc1ncnn2c(C[C@@H]3C[C@@H]3CN3CCCC3)cc(-c3ccc4cn(Cc5ccccc5)nc4c3)c12. The fourth-order valence-electron chi connectivity index (χ4n) is 5.93. The quantitative estimate of drug-likeness (QED) is 0.369. The Labute approximate surface area is 210 Å². The number of nitrogen functional groups attached to an aromatic ring is 1. The Bertz CT molecular complexity index is 1530. The van der Waals surface area contributed by atoms with Crippen molar-refractivity contribution in [3.8, 4) is 11.1 Å². The first kappa shape index (κ1) is 21.6. The molecule has 182 valence electrons. The first-order valence-corrected chi connectivity index (χ1v) is 13.1. The molecule has 2 aromatic carbocycles. The van der Waals surface area contributed by atoms with Gasteiger partial charge in [-0.1, -0.05) is 42.5 Å². The molecule has 2 aliphatic rings. The topological polar surface area (TPSA) is 77.3 Å². The molecule has 3 aromatic heterocycles. The lowest BCUT2D eigenvalue weighted by Crippen LogP contribution is -2.22. The summed E-state index contributed by atoms with van der Waals surface area (Å²) in [7, 11) is 0. The Morgan fingerprint density at radius 1 is 0.972 bits per heavy atom. The van der Waals surface area contributed by atoms with Crippen LogP contribution in [0.2, 0.25) is 0 Å². The molecule has 5 aromatic rings. The first-order valence-electron chi connectivity index (χ1n) is 13.1. The van der Waals surface area contributed by atoms with Gasteiger partial charge >= 0.3 is 0 Å². The lowest BCUT2D eigenvalue weighted by Gasteiger charge is -2.13.